The fraction of sp³-hybridized carbons (Fsp3) is 0.500. The van der Waals surface area contributed by atoms with E-state index >= 15 is 0 Å². The Balaban J connectivity index is 1.60. The first-order valence-electron chi connectivity index (χ1n) is 8.66. The number of carbonyl (C=O) groups excluding carboxylic acids is 2. The van der Waals surface area contributed by atoms with Crippen molar-refractivity contribution in [3.8, 4) is 5.82 Å². The molecule has 2 aromatic heterocycles. The van der Waals surface area contributed by atoms with Crippen LogP contribution in [0.15, 0.2) is 16.7 Å². The van der Waals surface area contributed by atoms with Crippen LogP contribution in [-0.4, -0.2) is 46.1 Å². The van der Waals surface area contributed by atoms with E-state index < -0.39 is 0 Å². The summed E-state index contributed by atoms with van der Waals surface area (Å²) in [6.07, 6.45) is 2.36. The van der Waals surface area contributed by atoms with Crippen LogP contribution in [0.2, 0.25) is 0 Å². The molecule has 0 atom stereocenters. The highest BCUT2D eigenvalue weighted by Crippen LogP contribution is 2.20. The Labute approximate surface area is 147 Å². The number of amides is 2. The van der Waals surface area contributed by atoms with Gasteiger partial charge in [0.15, 0.2) is 5.82 Å². The van der Waals surface area contributed by atoms with Gasteiger partial charge in [-0.15, -0.1) is 0 Å². The van der Waals surface area contributed by atoms with Gasteiger partial charge in [0.25, 0.3) is 5.91 Å². The van der Waals surface area contributed by atoms with E-state index in [0.29, 0.717) is 30.9 Å². The Morgan fingerprint density at radius 3 is 2.76 bits per heavy atom. The van der Waals surface area contributed by atoms with Crippen LogP contribution in [0.25, 0.3) is 5.82 Å². The smallest absolute Gasteiger partial charge is 0.253 e. The molecule has 1 N–H and O–H groups in total. The highest BCUT2D eigenvalue weighted by molar-refractivity contribution is 5.95. The fourth-order valence-corrected chi connectivity index (χ4v) is 3.31. The van der Waals surface area contributed by atoms with E-state index in [9.17, 15) is 9.59 Å². The molecule has 1 saturated heterocycles. The molecule has 2 aromatic rings. The van der Waals surface area contributed by atoms with Crippen molar-refractivity contribution in [2.75, 3.05) is 19.6 Å². The van der Waals surface area contributed by atoms with Gasteiger partial charge in [0.2, 0.25) is 5.91 Å². The van der Waals surface area contributed by atoms with Crippen molar-refractivity contribution in [1.82, 2.24) is 19.9 Å². The van der Waals surface area contributed by atoms with Gasteiger partial charge in [0.05, 0.1) is 5.56 Å². The lowest BCUT2D eigenvalue weighted by Crippen LogP contribution is -2.30. The Hall–Kier alpha value is -2.57. The third-order valence-corrected chi connectivity index (χ3v) is 4.58. The SMILES string of the molecule is Cc1cc(-n2c(C)cc(C(=O)NCCCN3CCCC3=O)c2C)no1. The topological polar surface area (TPSA) is 80.4 Å². The molecule has 25 heavy (non-hydrogen) atoms. The van der Waals surface area contributed by atoms with Gasteiger partial charge in [-0.25, -0.2) is 0 Å². The highest BCUT2D eigenvalue weighted by Gasteiger charge is 2.20. The Kier molecular flexibility index (Phi) is 4.92. The molecule has 134 valence electrons. The minimum atomic E-state index is -0.104. The summed E-state index contributed by atoms with van der Waals surface area (Å²) in [6.45, 7) is 7.77. The second kappa shape index (κ2) is 7.13. The highest BCUT2D eigenvalue weighted by atomic mass is 16.5. The summed E-state index contributed by atoms with van der Waals surface area (Å²) in [4.78, 5) is 25.9. The zero-order chi connectivity index (χ0) is 18.0. The van der Waals surface area contributed by atoms with Crippen molar-refractivity contribution in [2.24, 2.45) is 0 Å². The average Bonchev–Trinajstić information content (AvgIpc) is 3.24. The summed E-state index contributed by atoms with van der Waals surface area (Å²) in [5, 5.41) is 6.97. The summed E-state index contributed by atoms with van der Waals surface area (Å²) < 4.78 is 7.04. The van der Waals surface area contributed by atoms with E-state index in [2.05, 4.69) is 10.5 Å². The van der Waals surface area contributed by atoms with Gasteiger partial charge in [-0.2, -0.15) is 0 Å². The molecule has 0 unspecified atom stereocenters. The van der Waals surface area contributed by atoms with Crippen LogP contribution in [0.1, 0.15) is 46.8 Å². The molecule has 1 aliphatic rings. The number of aryl methyl sites for hydroxylation is 2. The van der Waals surface area contributed by atoms with Crippen LogP contribution in [0, 0.1) is 20.8 Å². The molecule has 1 fully saturated rings. The normalized spacial score (nSPS) is 14.4. The maximum Gasteiger partial charge on any atom is 0.253 e. The second-order valence-corrected chi connectivity index (χ2v) is 6.51. The molecular weight excluding hydrogens is 320 g/mol. The molecule has 0 saturated carbocycles. The van der Waals surface area contributed by atoms with E-state index in [1.807, 2.05) is 42.4 Å². The Bertz CT molecular complexity index is 790. The molecule has 0 aromatic carbocycles. The standard InChI is InChI=1S/C18H24N4O3/c1-12-10-15(14(3)22(12)16-11-13(2)25-20-16)18(24)19-7-5-9-21-8-4-6-17(21)23/h10-11H,4-9H2,1-3H3,(H,19,24). The van der Waals surface area contributed by atoms with Gasteiger partial charge in [-0.1, -0.05) is 5.16 Å². The number of likely N-dealkylation sites (tertiary alicyclic amines) is 1. The molecule has 1 aliphatic heterocycles. The summed E-state index contributed by atoms with van der Waals surface area (Å²) in [5.41, 5.74) is 2.40. The first-order chi connectivity index (χ1) is 12.0. The molecule has 3 rings (SSSR count). The quantitative estimate of drug-likeness (QED) is 0.814. The number of aromatic nitrogens is 2. The minimum absolute atomic E-state index is 0.104. The van der Waals surface area contributed by atoms with E-state index in [-0.39, 0.29) is 11.8 Å². The third kappa shape index (κ3) is 3.60. The molecule has 0 radical (unpaired) electrons. The lowest BCUT2D eigenvalue weighted by molar-refractivity contribution is -0.127. The van der Waals surface area contributed by atoms with Gasteiger partial charge in [0.1, 0.15) is 5.76 Å². The van der Waals surface area contributed by atoms with Crippen molar-refractivity contribution in [3.63, 3.8) is 0 Å². The van der Waals surface area contributed by atoms with Gasteiger partial charge in [-0.3, -0.25) is 14.2 Å². The van der Waals surface area contributed by atoms with Crippen LogP contribution in [0.4, 0.5) is 0 Å². The minimum Gasteiger partial charge on any atom is -0.360 e. The summed E-state index contributed by atoms with van der Waals surface area (Å²) in [6, 6.07) is 3.70. The van der Waals surface area contributed by atoms with Crippen LogP contribution < -0.4 is 5.32 Å². The molecule has 7 nitrogen and oxygen atoms in total. The summed E-state index contributed by atoms with van der Waals surface area (Å²) in [7, 11) is 0. The first kappa shape index (κ1) is 17.3. The van der Waals surface area contributed by atoms with Crippen LogP contribution in [-0.2, 0) is 4.79 Å². The number of nitrogens with one attached hydrogen (secondary N) is 1. The van der Waals surface area contributed by atoms with Gasteiger partial charge >= 0.3 is 0 Å². The predicted molar refractivity (Wildman–Crippen MR) is 92.8 cm³/mol. The molecule has 0 bridgehead atoms. The number of rotatable bonds is 6. The van der Waals surface area contributed by atoms with Crippen molar-refractivity contribution < 1.29 is 14.1 Å². The second-order valence-electron chi connectivity index (χ2n) is 6.51. The van der Waals surface area contributed by atoms with Gasteiger partial charge in [0, 0.05) is 43.5 Å². The van der Waals surface area contributed by atoms with E-state index in [1.165, 1.54) is 0 Å². The van der Waals surface area contributed by atoms with E-state index in [0.717, 1.165) is 36.5 Å². The van der Waals surface area contributed by atoms with Crippen LogP contribution >= 0.6 is 0 Å². The van der Waals surface area contributed by atoms with E-state index in [1.54, 1.807) is 0 Å². The lowest BCUT2D eigenvalue weighted by atomic mass is 10.2. The lowest BCUT2D eigenvalue weighted by Gasteiger charge is -2.15. The molecule has 2 amide bonds. The molecular formula is C18H24N4O3. The maximum absolute atomic E-state index is 12.5. The van der Waals surface area contributed by atoms with Gasteiger partial charge < -0.3 is 14.7 Å². The summed E-state index contributed by atoms with van der Waals surface area (Å²) in [5.74, 6) is 1.52. The summed E-state index contributed by atoms with van der Waals surface area (Å²) >= 11 is 0. The molecule has 0 spiro atoms. The number of carbonyl (C=O) groups is 2. The largest absolute Gasteiger partial charge is 0.360 e. The maximum atomic E-state index is 12.5. The van der Waals surface area contributed by atoms with Crippen LogP contribution in [0.5, 0.6) is 0 Å². The predicted octanol–water partition coefficient (Wildman–Crippen LogP) is 2.13. The van der Waals surface area contributed by atoms with Crippen molar-refractivity contribution in [3.05, 3.63) is 34.8 Å². The van der Waals surface area contributed by atoms with Gasteiger partial charge in [-0.05, 0) is 39.7 Å². The zero-order valence-electron chi connectivity index (χ0n) is 15.0. The number of hydrogen-bond acceptors (Lipinski definition) is 4. The number of nitrogens with zero attached hydrogens (tertiary/aromatic N) is 3. The van der Waals surface area contributed by atoms with E-state index in [4.69, 9.17) is 4.52 Å². The first-order valence-corrected chi connectivity index (χ1v) is 8.66. The fourth-order valence-electron chi connectivity index (χ4n) is 3.31. The molecule has 0 aliphatic carbocycles. The van der Waals surface area contributed by atoms with Crippen molar-refractivity contribution in [2.45, 2.75) is 40.0 Å². The zero-order valence-corrected chi connectivity index (χ0v) is 15.0. The molecule has 7 heteroatoms. The molecule has 3 heterocycles. The monoisotopic (exact) mass is 344 g/mol. The average molecular weight is 344 g/mol. The Morgan fingerprint density at radius 1 is 1.32 bits per heavy atom. The van der Waals surface area contributed by atoms with Crippen molar-refractivity contribution in [1.29, 1.82) is 0 Å². The van der Waals surface area contributed by atoms with Crippen LogP contribution in [0.3, 0.4) is 0 Å². The number of hydrogen-bond donors (Lipinski definition) is 1. The third-order valence-electron chi connectivity index (χ3n) is 4.58. The van der Waals surface area contributed by atoms with Crippen molar-refractivity contribution >= 4 is 11.8 Å². The Morgan fingerprint density at radius 2 is 2.12 bits per heavy atom.